The van der Waals surface area contributed by atoms with Crippen LogP contribution in [-0.2, 0) is 12.8 Å². The van der Waals surface area contributed by atoms with E-state index in [2.05, 4.69) is 0 Å². The molecule has 0 radical (unpaired) electrons. The highest BCUT2D eigenvalue weighted by atomic mass is 35.5. The van der Waals surface area contributed by atoms with Crippen LogP contribution in [0.3, 0.4) is 0 Å². The Morgan fingerprint density at radius 2 is 1.59 bits per heavy atom. The minimum absolute atomic E-state index is 0.0793. The average molecular weight is 266 g/mol. The Bertz CT molecular complexity index is 376. The van der Waals surface area contributed by atoms with Crippen molar-refractivity contribution in [3.63, 3.8) is 0 Å². The van der Waals surface area contributed by atoms with Gasteiger partial charge in [-0.2, -0.15) is 13.2 Å². The maximum absolute atomic E-state index is 12.5. The van der Waals surface area contributed by atoms with Crippen molar-refractivity contribution < 1.29 is 13.2 Å². The number of alkyl halides is 3. The van der Waals surface area contributed by atoms with Crippen LogP contribution in [-0.4, -0.2) is 6.18 Å². The van der Waals surface area contributed by atoms with E-state index >= 15 is 0 Å². The zero-order chi connectivity index (χ0) is 13.2. The van der Waals surface area contributed by atoms with Crippen molar-refractivity contribution in [1.29, 1.82) is 0 Å². The molecule has 1 nitrogen and oxygen atoms in total. The van der Waals surface area contributed by atoms with E-state index in [0.29, 0.717) is 29.0 Å². The third-order valence-electron chi connectivity index (χ3n) is 2.72. The first-order valence-corrected chi connectivity index (χ1v) is 5.82. The summed E-state index contributed by atoms with van der Waals surface area (Å²) in [6.07, 6.45) is -3.25. The number of halogens is 4. The van der Waals surface area contributed by atoms with Gasteiger partial charge in [-0.1, -0.05) is 37.6 Å². The van der Waals surface area contributed by atoms with Crippen LogP contribution in [0.15, 0.2) is 12.1 Å². The quantitative estimate of drug-likeness (QED) is 0.877. The minimum atomic E-state index is -4.43. The molecule has 2 N–H and O–H groups in total. The Hall–Kier alpha value is -0.740. The van der Waals surface area contributed by atoms with Crippen LogP contribution in [0.1, 0.15) is 36.6 Å². The lowest BCUT2D eigenvalue weighted by molar-refractivity contribution is -0.149. The largest absolute Gasteiger partial charge is 0.407 e. The van der Waals surface area contributed by atoms with Crippen molar-refractivity contribution in [2.45, 2.75) is 38.9 Å². The zero-order valence-corrected chi connectivity index (χ0v) is 10.5. The number of benzene rings is 1. The van der Waals surface area contributed by atoms with E-state index < -0.39 is 12.2 Å². The first kappa shape index (κ1) is 14.3. The molecule has 17 heavy (non-hydrogen) atoms. The number of hydrogen-bond donors (Lipinski definition) is 1. The predicted molar refractivity (Wildman–Crippen MR) is 63.2 cm³/mol. The molecule has 1 aromatic carbocycles. The Labute approximate surface area is 104 Å². The topological polar surface area (TPSA) is 26.0 Å². The minimum Gasteiger partial charge on any atom is -0.316 e. The third kappa shape index (κ3) is 3.13. The fourth-order valence-corrected chi connectivity index (χ4v) is 2.04. The van der Waals surface area contributed by atoms with Crippen molar-refractivity contribution in [3.8, 4) is 0 Å². The Balaban J connectivity index is 3.27. The molecule has 0 saturated carbocycles. The standard InChI is InChI=1S/C12H15ClF3N/c1-3-7-5-9(11(17)12(14,15)16)6-8(4-2)10(7)13/h5-6,11H,3-4,17H2,1-2H3/t11-/m0/s1. The van der Waals surface area contributed by atoms with Gasteiger partial charge in [0, 0.05) is 5.02 Å². The lowest BCUT2D eigenvalue weighted by Crippen LogP contribution is -2.28. The van der Waals surface area contributed by atoms with E-state index in [0.717, 1.165) is 0 Å². The first-order chi connectivity index (χ1) is 7.81. The van der Waals surface area contributed by atoms with Crippen LogP contribution in [0.2, 0.25) is 5.02 Å². The normalized spacial score (nSPS) is 13.8. The number of aryl methyl sites for hydroxylation is 2. The van der Waals surface area contributed by atoms with Gasteiger partial charge >= 0.3 is 6.18 Å². The summed E-state index contributed by atoms with van der Waals surface area (Å²) in [4.78, 5) is 0. The number of nitrogens with two attached hydrogens (primary N) is 1. The molecular weight excluding hydrogens is 251 g/mol. The Morgan fingerprint density at radius 1 is 1.18 bits per heavy atom. The second-order valence-corrected chi connectivity index (χ2v) is 4.26. The molecule has 0 fully saturated rings. The molecule has 1 aromatic rings. The van der Waals surface area contributed by atoms with Crippen LogP contribution in [0.5, 0.6) is 0 Å². The summed E-state index contributed by atoms with van der Waals surface area (Å²) < 4.78 is 37.6. The Morgan fingerprint density at radius 3 is 1.88 bits per heavy atom. The van der Waals surface area contributed by atoms with E-state index in [-0.39, 0.29) is 5.56 Å². The number of rotatable bonds is 3. The Kier molecular flexibility index (Phi) is 4.44. The smallest absolute Gasteiger partial charge is 0.316 e. The maximum atomic E-state index is 12.5. The maximum Gasteiger partial charge on any atom is 0.407 e. The van der Waals surface area contributed by atoms with Gasteiger partial charge in [0.2, 0.25) is 0 Å². The molecule has 0 heterocycles. The predicted octanol–water partition coefficient (Wildman–Crippen LogP) is 4.03. The summed E-state index contributed by atoms with van der Waals surface area (Å²) in [6, 6.07) is 0.939. The lowest BCUT2D eigenvalue weighted by Gasteiger charge is -2.18. The molecule has 0 bridgehead atoms. The molecule has 1 atom stereocenters. The zero-order valence-electron chi connectivity index (χ0n) is 9.74. The number of hydrogen-bond acceptors (Lipinski definition) is 1. The molecule has 96 valence electrons. The van der Waals surface area contributed by atoms with Crippen LogP contribution in [0.4, 0.5) is 13.2 Å². The molecule has 5 heteroatoms. The van der Waals surface area contributed by atoms with Crippen LogP contribution < -0.4 is 5.73 Å². The van der Waals surface area contributed by atoms with E-state index in [1.165, 1.54) is 12.1 Å². The van der Waals surface area contributed by atoms with Gasteiger partial charge in [-0.15, -0.1) is 0 Å². The van der Waals surface area contributed by atoms with Crippen LogP contribution in [0, 0.1) is 0 Å². The van der Waals surface area contributed by atoms with Crippen molar-refractivity contribution in [1.82, 2.24) is 0 Å². The summed E-state index contributed by atoms with van der Waals surface area (Å²) in [5, 5.41) is 0.549. The molecule has 0 unspecified atom stereocenters. The third-order valence-corrected chi connectivity index (χ3v) is 3.20. The van der Waals surface area contributed by atoms with Gasteiger partial charge in [-0.3, -0.25) is 0 Å². The summed E-state index contributed by atoms with van der Waals surface area (Å²) >= 11 is 6.08. The van der Waals surface area contributed by atoms with Gasteiger partial charge in [-0.25, -0.2) is 0 Å². The van der Waals surface area contributed by atoms with Crippen molar-refractivity contribution in [2.24, 2.45) is 5.73 Å². The summed E-state index contributed by atoms with van der Waals surface area (Å²) in [6.45, 7) is 3.70. The second-order valence-electron chi connectivity index (χ2n) is 3.88. The highest BCUT2D eigenvalue weighted by molar-refractivity contribution is 6.32. The molecule has 0 aromatic heterocycles. The second kappa shape index (κ2) is 5.27. The molecule has 0 aliphatic rings. The molecule has 0 aliphatic carbocycles. The van der Waals surface area contributed by atoms with Gasteiger partial charge in [0.1, 0.15) is 6.04 Å². The summed E-state index contributed by atoms with van der Waals surface area (Å²) in [5.74, 6) is 0. The van der Waals surface area contributed by atoms with E-state index in [1.54, 1.807) is 0 Å². The van der Waals surface area contributed by atoms with Gasteiger partial charge in [0.05, 0.1) is 0 Å². The van der Waals surface area contributed by atoms with Gasteiger partial charge in [0.15, 0.2) is 0 Å². The lowest BCUT2D eigenvalue weighted by atomic mass is 9.98. The van der Waals surface area contributed by atoms with Crippen molar-refractivity contribution >= 4 is 11.6 Å². The van der Waals surface area contributed by atoms with Crippen molar-refractivity contribution in [3.05, 3.63) is 33.8 Å². The van der Waals surface area contributed by atoms with Crippen LogP contribution >= 0.6 is 11.6 Å². The van der Waals surface area contributed by atoms with Crippen molar-refractivity contribution in [2.75, 3.05) is 0 Å². The molecule has 0 amide bonds. The van der Waals surface area contributed by atoms with E-state index in [9.17, 15) is 13.2 Å². The fourth-order valence-electron chi connectivity index (χ4n) is 1.66. The summed E-state index contributed by atoms with van der Waals surface area (Å²) in [7, 11) is 0. The molecule has 0 aliphatic heterocycles. The van der Waals surface area contributed by atoms with Crippen LogP contribution in [0.25, 0.3) is 0 Å². The molecular formula is C12H15ClF3N. The fraction of sp³-hybridized carbons (Fsp3) is 0.500. The average Bonchev–Trinajstić information content (AvgIpc) is 2.27. The summed E-state index contributed by atoms with van der Waals surface area (Å²) in [5.41, 5.74) is 6.70. The molecule has 1 rings (SSSR count). The highest BCUT2D eigenvalue weighted by Gasteiger charge is 2.38. The molecule has 0 spiro atoms. The van der Waals surface area contributed by atoms with Gasteiger partial charge < -0.3 is 5.73 Å². The SMILES string of the molecule is CCc1cc([C@H](N)C(F)(F)F)cc(CC)c1Cl. The van der Waals surface area contributed by atoms with E-state index in [4.69, 9.17) is 17.3 Å². The van der Waals surface area contributed by atoms with Gasteiger partial charge in [0.25, 0.3) is 0 Å². The molecule has 0 saturated heterocycles. The van der Waals surface area contributed by atoms with Gasteiger partial charge in [-0.05, 0) is 29.5 Å². The monoisotopic (exact) mass is 265 g/mol. The highest BCUT2D eigenvalue weighted by Crippen LogP contribution is 2.34. The first-order valence-electron chi connectivity index (χ1n) is 5.44. The van der Waals surface area contributed by atoms with E-state index in [1.807, 2.05) is 13.8 Å².